The largest absolute Gasteiger partial charge is 0.377 e. The molecule has 1 N–H and O–H groups in total. The van der Waals surface area contributed by atoms with Gasteiger partial charge in [0, 0.05) is 12.6 Å². The number of hydrogen-bond acceptors (Lipinski definition) is 2. The van der Waals surface area contributed by atoms with Gasteiger partial charge < -0.3 is 10.1 Å². The molecule has 2 nitrogen and oxygen atoms in total. The Labute approximate surface area is 93.8 Å². The Kier molecular flexibility index (Phi) is 4.45. The predicted molar refractivity (Wildman–Crippen MR) is 63.0 cm³/mol. The van der Waals surface area contributed by atoms with Gasteiger partial charge in [-0.2, -0.15) is 0 Å². The molecule has 1 heterocycles. The van der Waals surface area contributed by atoms with Gasteiger partial charge in [0.05, 0.1) is 6.10 Å². The second-order valence-corrected chi connectivity index (χ2v) is 5.13. The van der Waals surface area contributed by atoms with Crippen LogP contribution in [0.2, 0.25) is 0 Å². The minimum atomic E-state index is 0.510. The van der Waals surface area contributed by atoms with Crippen LogP contribution in [0.4, 0.5) is 0 Å². The first-order chi connectivity index (χ1) is 7.40. The Bertz CT molecular complexity index is 173. The van der Waals surface area contributed by atoms with Crippen LogP contribution in [0.3, 0.4) is 0 Å². The van der Waals surface area contributed by atoms with E-state index in [1.807, 2.05) is 0 Å². The molecule has 0 aromatic rings. The molecule has 0 aromatic carbocycles. The standard InChI is InChI=1S/C13H25NO/c1-2-9-14-12(8-7-11-5-6-11)13-4-3-10-15-13/h11-14H,2-10H2,1H3. The molecule has 2 fully saturated rings. The number of hydrogen-bond donors (Lipinski definition) is 1. The highest BCUT2D eigenvalue weighted by Gasteiger charge is 2.28. The molecule has 0 aromatic heterocycles. The van der Waals surface area contributed by atoms with Crippen molar-refractivity contribution < 1.29 is 4.74 Å². The summed E-state index contributed by atoms with van der Waals surface area (Å²) in [7, 11) is 0. The molecule has 2 unspecified atom stereocenters. The number of ether oxygens (including phenoxy) is 1. The topological polar surface area (TPSA) is 21.3 Å². The summed E-state index contributed by atoms with van der Waals surface area (Å²) in [6.07, 6.45) is 9.97. The monoisotopic (exact) mass is 211 g/mol. The minimum Gasteiger partial charge on any atom is -0.377 e. The Morgan fingerprint density at radius 1 is 1.33 bits per heavy atom. The fourth-order valence-corrected chi connectivity index (χ4v) is 2.49. The van der Waals surface area contributed by atoms with Crippen LogP contribution in [0, 0.1) is 5.92 Å². The van der Waals surface area contributed by atoms with Gasteiger partial charge in [0.15, 0.2) is 0 Å². The minimum absolute atomic E-state index is 0.510. The highest BCUT2D eigenvalue weighted by Crippen LogP contribution is 2.34. The molecule has 0 spiro atoms. The summed E-state index contributed by atoms with van der Waals surface area (Å²) < 4.78 is 5.80. The van der Waals surface area contributed by atoms with E-state index in [9.17, 15) is 0 Å². The molecule has 1 aliphatic heterocycles. The van der Waals surface area contributed by atoms with E-state index in [0.29, 0.717) is 12.1 Å². The first-order valence-electron chi connectivity index (χ1n) is 6.75. The van der Waals surface area contributed by atoms with Crippen molar-refractivity contribution in [1.82, 2.24) is 5.32 Å². The molecular weight excluding hydrogens is 186 g/mol. The third kappa shape index (κ3) is 3.76. The normalized spacial score (nSPS) is 28.2. The lowest BCUT2D eigenvalue weighted by atomic mass is 10.0. The van der Waals surface area contributed by atoms with Gasteiger partial charge in [0.25, 0.3) is 0 Å². The van der Waals surface area contributed by atoms with E-state index in [4.69, 9.17) is 4.74 Å². The summed E-state index contributed by atoms with van der Waals surface area (Å²) in [5.41, 5.74) is 0. The fraction of sp³-hybridized carbons (Fsp3) is 1.00. The van der Waals surface area contributed by atoms with E-state index >= 15 is 0 Å². The van der Waals surface area contributed by atoms with Crippen molar-refractivity contribution >= 4 is 0 Å². The quantitative estimate of drug-likeness (QED) is 0.699. The van der Waals surface area contributed by atoms with E-state index in [1.165, 1.54) is 44.9 Å². The van der Waals surface area contributed by atoms with Crippen LogP contribution in [0.25, 0.3) is 0 Å². The zero-order valence-electron chi connectivity index (χ0n) is 10.0. The van der Waals surface area contributed by atoms with Crippen LogP contribution in [0.15, 0.2) is 0 Å². The Morgan fingerprint density at radius 2 is 2.20 bits per heavy atom. The summed E-state index contributed by atoms with van der Waals surface area (Å²) in [6, 6.07) is 0.632. The van der Waals surface area contributed by atoms with Gasteiger partial charge in [0.1, 0.15) is 0 Å². The highest BCUT2D eigenvalue weighted by atomic mass is 16.5. The summed E-state index contributed by atoms with van der Waals surface area (Å²) in [4.78, 5) is 0. The molecule has 88 valence electrons. The average molecular weight is 211 g/mol. The van der Waals surface area contributed by atoms with Crippen molar-refractivity contribution in [2.75, 3.05) is 13.2 Å². The van der Waals surface area contributed by atoms with Crippen LogP contribution in [-0.2, 0) is 4.74 Å². The van der Waals surface area contributed by atoms with Crippen LogP contribution in [-0.4, -0.2) is 25.3 Å². The zero-order valence-corrected chi connectivity index (χ0v) is 10.0. The van der Waals surface area contributed by atoms with E-state index in [1.54, 1.807) is 0 Å². The Hall–Kier alpha value is -0.0800. The molecular formula is C13H25NO. The Morgan fingerprint density at radius 3 is 2.80 bits per heavy atom. The first kappa shape index (κ1) is 11.4. The molecule has 2 rings (SSSR count). The third-order valence-electron chi connectivity index (χ3n) is 3.65. The molecule has 0 amide bonds. The van der Waals surface area contributed by atoms with Crippen molar-refractivity contribution in [2.24, 2.45) is 5.92 Å². The summed E-state index contributed by atoms with van der Waals surface area (Å²) in [6.45, 7) is 4.37. The second kappa shape index (κ2) is 5.86. The Balaban J connectivity index is 1.71. The predicted octanol–water partition coefficient (Wildman–Crippen LogP) is 2.72. The van der Waals surface area contributed by atoms with E-state index < -0.39 is 0 Å². The average Bonchev–Trinajstić information content (AvgIpc) is 2.92. The zero-order chi connectivity index (χ0) is 10.5. The molecule has 2 heteroatoms. The van der Waals surface area contributed by atoms with Crippen LogP contribution < -0.4 is 5.32 Å². The first-order valence-corrected chi connectivity index (χ1v) is 6.75. The van der Waals surface area contributed by atoms with Crippen molar-refractivity contribution in [3.8, 4) is 0 Å². The van der Waals surface area contributed by atoms with Crippen molar-refractivity contribution in [2.45, 2.75) is 64.0 Å². The summed E-state index contributed by atoms with van der Waals surface area (Å²) in [5.74, 6) is 1.05. The molecule has 0 bridgehead atoms. The molecule has 1 aliphatic carbocycles. The SMILES string of the molecule is CCCNC(CCC1CC1)C1CCCO1. The molecule has 0 radical (unpaired) electrons. The van der Waals surface area contributed by atoms with E-state index in [2.05, 4.69) is 12.2 Å². The van der Waals surface area contributed by atoms with Gasteiger partial charge in [-0.3, -0.25) is 0 Å². The summed E-state index contributed by atoms with van der Waals surface area (Å²) in [5, 5.41) is 3.67. The highest BCUT2D eigenvalue weighted by molar-refractivity contribution is 4.83. The van der Waals surface area contributed by atoms with Crippen LogP contribution in [0.5, 0.6) is 0 Å². The number of nitrogens with one attached hydrogen (secondary N) is 1. The third-order valence-corrected chi connectivity index (χ3v) is 3.65. The van der Waals surface area contributed by atoms with Gasteiger partial charge in [-0.15, -0.1) is 0 Å². The number of rotatable bonds is 7. The van der Waals surface area contributed by atoms with Gasteiger partial charge in [-0.05, 0) is 44.6 Å². The molecule has 2 atom stereocenters. The lowest BCUT2D eigenvalue weighted by Gasteiger charge is -2.24. The maximum absolute atomic E-state index is 5.80. The van der Waals surface area contributed by atoms with Crippen LogP contribution in [0.1, 0.15) is 51.9 Å². The van der Waals surface area contributed by atoms with E-state index in [-0.39, 0.29) is 0 Å². The van der Waals surface area contributed by atoms with Gasteiger partial charge in [-0.25, -0.2) is 0 Å². The lowest BCUT2D eigenvalue weighted by Crippen LogP contribution is -2.40. The van der Waals surface area contributed by atoms with Crippen molar-refractivity contribution in [1.29, 1.82) is 0 Å². The maximum Gasteiger partial charge on any atom is 0.0728 e. The van der Waals surface area contributed by atoms with E-state index in [0.717, 1.165) is 19.1 Å². The van der Waals surface area contributed by atoms with Gasteiger partial charge in [-0.1, -0.05) is 19.8 Å². The summed E-state index contributed by atoms with van der Waals surface area (Å²) >= 11 is 0. The second-order valence-electron chi connectivity index (χ2n) is 5.13. The lowest BCUT2D eigenvalue weighted by molar-refractivity contribution is 0.0744. The molecule has 15 heavy (non-hydrogen) atoms. The van der Waals surface area contributed by atoms with Crippen molar-refractivity contribution in [3.63, 3.8) is 0 Å². The molecule has 1 saturated heterocycles. The van der Waals surface area contributed by atoms with Gasteiger partial charge >= 0.3 is 0 Å². The van der Waals surface area contributed by atoms with Gasteiger partial charge in [0.2, 0.25) is 0 Å². The maximum atomic E-state index is 5.80. The fourth-order valence-electron chi connectivity index (χ4n) is 2.49. The van der Waals surface area contributed by atoms with Crippen LogP contribution >= 0.6 is 0 Å². The van der Waals surface area contributed by atoms with Crippen molar-refractivity contribution in [3.05, 3.63) is 0 Å². The molecule has 2 aliphatic rings. The molecule has 1 saturated carbocycles. The smallest absolute Gasteiger partial charge is 0.0728 e.